The molecule has 1 heterocycles. The summed E-state index contributed by atoms with van der Waals surface area (Å²) in [6, 6.07) is 6.82. The summed E-state index contributed by atoms with van der Waals surface area (Å²) in [5.74, 6) is -0.154. The standard InChI is InChI=1S/C12H16FN/c1-12(7-2-8-14-12)9-10-3-5-11(13)6-4-10/h3-6,14H,2,7-9H2,1H3. The molecule has 0 aliphatic carbocycles. The lowest BCUT2D eigenvalue weighted by Crippen LogP contribution is -2.38. The number of nitrogens with one attached hydrogen (secondary N) is 1. The van der Waals surface area contributed by atoms with E-state index in [2.05, 4.69) is 12.2 Å². The van der Waals surface area contributed by atoms with Crippen LogP contribution in [0.3, 0.4) is 0 Å². The van der Waals surface area contributed by atoms with Gasteiger partial charge in [-0.25, -0.2) is 4.39 Å². The number of hydrogen-bond acceptors (Lipinski definition) is 1. The van der Waals surface area contributed by atoms with E-state index in [1.54, 1.807) is 0 Å². The molecule has 0 saturated carbocycles. The van der Waals surface area contributed by atoms with E-state index >= 15 is 0 Å². The van der Waals surface area contributed by atoms with E-state index in [0.29, 0.717) is 0 Å². The Bertz CT molecular complexity index is 299. The van der Waals surface area contributed by atoms with Crippen LogP contribution in [0.25, 0.3) is 0 Å². The van der Waals surface area contributed by atoms with Gasteiger partial charge < -0.3 is 5.32 Å². The predicted octanol–water partition coefficient (Wildman–Crippen LogP) is 2.51. The van der Waals surface area contributed by atoms with Crippen molar-refractivity contribution in [3.63, 3.8) is 0 Å². The minimum Gasteiger partial charge on any atom is -0.311 e. The van der Waals surface area contributed by atoms with Gasteiger partial charge in [-0.1, -0.05) is 12.1 Å². The Balaban J connectivity index is 2.06. The van der Waals surface area contributed by atoms with Crippen molar-refractivity contribution in [2.24, 2.45) is 0 Å². The first-order valence-electron chi connectivity index (χ1n) is 5.17. The SMILES string of the molecule is CC1(Cc2ccc(F)cc2)CCCN1. The zero-order valence-electron chi connectivity index (χ0n) is 8.52. The van der Waals surface area contributed by atoms with Crippen LogP contribution in [-0.4, -0.2) is 12.1 Å². The molecule has 0 spiro atoms. The van der Waals surface area contributed by atoms with Crippen LogP contribution < -0.4 is 5.32 Å². The minimum atomic E-state index is -0.154. The maximum Gasteiger partial charge on any atom is 0.123 e. The molecule has 76 valence electrons. The lowest BCUT2D eigenvalue weighted by atomic mass is 9.91. The fourth-order valence-corrected chi connectivity index (χ4v) is 2.16. The van der Waals surface area contributed by atoms with Gasteiger partial charge in [0.05, 0.1) is 0 Å². The first-order chi connectivity index (χ1) is 6.68. The summed E-state index contributed by atoms with van der Waals surface area (Å²) in [4.78, 5) is 0. The van der Waals surface area contributed by atoms with Gasteiger partial charge in [0.15, 0.2) is 0 Å². The number of rotatable bonds is 2. The van der Waals surface area contributed by atoms with Crippen molar-refractivity contribution in [2.75, 3.05) is 6.54 Å². The normalized spacial score (nSPS) is 26.7. The van der Waals surface area contributed by atoms with Gasteiger partial charge in [-0.15, -0.1) is 0 Å². The molecular formula is C12H16FN. The Morgan fingerprint density at radius 3 is 2.64 bits per heavy atom. The largest absolute Gasteiger partial charge is 0.311 e. The first kappa shape index (κ1) is 9.66. The lowest BCUT2D eigenvalue weighted by Gasteiger charge is -2.24. The van der Waals surface area contributed by atoms with Crippen molar-refractivity contribution in [2.45, 2.75) is 31.7 Å². The topological polar surface area (TPSA) is 12.0 Å². The van der Waals surface area contributed by atoms with E-state index in [0.717, 1.165) is 13.0 Å². The van der Waals surface area contributed by atoms with E-state index in [1.807, 2.05) is 12.1 Å². The van der Waals surface area contributed by atoms with Gasteiger partial charge in [-0.3, -0.25) is 0 Å². The monoisotopic (exact) mass is 193 g/mol. The second-order valence-electron chi connectivity index (χ2n) is 4.39. The molecule has 1 aliphatic heterocycles. The first-order valence-corrected chi connectivity index (χ1v) is 5.17. The Labute approximate surface area is 84.3 Å². The molecule has 1 saturated heterocycles. The van der Waals surface area contributed by atoms with Gasteiger partial charge >= 0.3 is 0 Å². The van der Waals surface area contributed by atoms with Crippen molar-refractivity contribution >= 4 is 0 Å². The maximum absolute atomic E-state index is 12.7. The third kappa shape index (κ3) is 2.13. The lowest BCUT2D eigenvalue weighted by molar-refractivity contribution is 0.412. The minimum absolute atomic E-state index is 0.154. The van der Waals surface area contributed by atoms with E-state index in [9.17, 15) is 4.39 Å². The van der Waals surface area contributed by atoms with E-state index in [-0.39, 0.29) is 11.4 Å². The fraction of sp³-hybridized carbons (Fsp3) is 0.500. The van der Waals surface area contributed by atoms with Crippen molar-refractivity contribution < 1.29 is 4.39 Å². The van der Waals surface area contributed by atoms with Gasteiger partial charge in [0.25, 0.3) is 0 Å². The average molecular weight is 193 g/mol. The van der Waals surface area contributed by atoms with Gasteiger partial charge in [-0.05, 0) is 50.4 Å². The summed E-state index contributed by atoms with van der Waals surface area (Å²) in [5, 5.41) is 3.50. The highest BCUT2D eigenvalue weighted by atomic mass is 19.1. The number of halogens is 1. The van der Waals surface area contributed by atoms with Crippen LogP contribution in [0.2, 0.25) is 0 Å². The summed E-state index contributed by atoms with van der Waals surface area (Å²) in [6.45, 7) is 3.35. The van der Waals surface area contributed by atoms with E-state index in [4.69, 9.17) is 0 Å². The molecule has 1 aromatic rings. The van der Waals surface area contributed by atoms with Crippen LogP contribution in [0.4, 0.5) is 4.39 Å². The maximum atomic E-state index is 12.7. The Morgan fingerprint density at radius 1 is 1.36 bits per heavy atom. The molecular weight excluding hydrogens is 177 g/mol. The molecule has 2 heteroatoms. The molecule has 0 aromatic heterocycles. The fourth-order valence-electron chi connectivity index (χ4n) is 2.16. The highest BCUT2D eigenvalue weighted by Crippen LogP contribution is 2.23. The van der Waals surface area contributed by atoms with Crippen LogP contribution in [-0.2, 0) is 6.42 Å². The molecule has 1 unspecified atom stereocenters. The Morgan fingerprint density at radius 2 is 2.07 bits per heavy atom. The van der Waals surface area contributed by atoms with Crippen molar-refractivity contribution in [1.82, 2.24) is 5.32 Å². The highest BCUT2D eigenvalue weighted by Gasteiger charge is 2.27. The third-order valence-electron chi connectivity index (χ3n) is 2.96. The zero-order valence-corrected chi connectivity index (χ0v) is 8.52. The molecule has 1 aliphatic rings. The second-order valence-corrected chi connectivity index (χ2v) is 4.39. The van der Waals surface area contributed by atoms with Crippen molar-refractivity contribution in [1.29, 1.82) is 0 Å². The van der Waals surface area contributed by atoms with Crippen molar-refractivity contribution in [3.05, 3.63) is 35.6 Å². The van der Waals surface area contributed by atoms with Crippen LogP contribution >= 0.6 is 0 Å². The summed E-state index contributed by atoms with van der Waals surface area (Å²) < 4.78 is 12.7. The second kappa shape index (κ2) is 3.70. The average Bonchev–Trinajstić information content (AvgIpc) is 2.57. The number of benzene rings is 1. The van der Waals surface area contributed by atoms with E-state index < -0.39 is 0 Å². The Kier molecular flexibility index (Phi) is 2.55. The molecule has 0 amide bonds. The van der Waals surface area contributed by atoms with Gasteiger partial charge in [0, 0.05) is 5.54 Å². The van der Waals surface area contributed by atoms with Crippen LogP contribution in [0, 0.1) is 5.82 Å². The molecule has 2 rings (SSSR count). The molecule has 1 aromatic carbocycles. The Hall–Kier alpha value is -0.890. The zero-order chi connectivity index (χ0) is 10.0. The van der Waals surface area contributed by atoms with Crippen LogP contribution in [0.1, 0.15) is 25.3 Å². The third-order valence-corrected chi connectivity index (χ3v) is 2.96. The quantitative estimate of drug-likeness (QED) is 0.761. The van der Waals surface area contributed by atoms with Gasteiger partial charge in [-0.2, -0.15) is 0 Å². The predicted molar refractivity (Wildman–Crippen MR) is 55.7 cm³/mol. The molecule has 1 N–H and O–H groups in total. The molecule has 0 bridgehead atoms. The molecule has 0 radical (unpaired) electrons. The number of hydrogen-bond donors (Lipinski definition) is 1. The molecule has 1 nitrogen and oxygen atoms in total. The smallest absolute Gasteiger partial charge is 0.123 e. The highest BCUT2D eigenvalue weighted by molar-refractivity contribution is 5.19. The summed E-state index contributed by atoms with van der Waals surface area (Å²) in [5.41, 5.74) is 1.43. The molecule has 1 fully saturated rings. The van der Waals surface area contributed by atoms with Crippen LogP contribution in [0.5, 0.6) is 0 Å². The van der Waals surface area contributed by atoms with Gasteiger partial charge in [0.1, 0.15) is 5.82 Å². The van der Waals surface area contributed by atoms with E-state index in [1.165, 1.54) is 30.5 Å². The van der Waals surface area contributed by atoms with Gasteiger partial charge in [0.2, 0.25) is 0 Å². The molecule has 14 heavy (non-hydrogen) atoms. The summed E-state index contributed by atoms with van der Waals surface area (Å²) in [7, 11) is 0. The molecule has 1 atom stereocenters. The summed E-state index contributed by atoms with van der Waals surface area (Å²) in [6.07, 6.45) is 3.45. The van der Waals surface area contributed by atoms with Crippen LogP contribution in [0.15, 0.2) is 24.3 Å². The van der Waals surface area contributed by atoms with Crippen molar-refractivity contribution in [3.8, 4) is 0 Å². The summed E-state index contributed by atoms with van der Waals surface area (Å²) >= 11 is 0.